The standard InChI is InChI=1S/C5H2F3N3S/c6-5(7,8)3-1-9-4-11(3)10-2-12-4/h1-2H. The van der Waals surface area contributed by atoms with E-state index in [1.807, 2.05) is 0 Å². The molecule has 0 saturated carbocycles. The van der Waals surface area contributed by atoms with Crippen LogP contribution in [0.15, 0.2) is 11.7 Å². The van der Waals surface area contributed by atoms with Gasteiger partial charge in [-0.15, -0.1) is 0 Å². The van der Waals surface area contributed by atoms with Gasteiger partial charge in [-0.25, -0.2) is 4.98 Å². The van der Waals surface area contributed by atoms with Gasteiger partial charge in [0.25, 0.3) is 0 Å². The number of fused-ring (bicyclic) bond motifs is 1. The molecule has 3 nitrogen and oxygen atoms in total. The first kappa shape index (κ1) is 7.53. The molecule has 0 aliphatic carbocycles. The van der Waals surface area contributed by atoms with Crippen molar-refractivity contribution in [2.75, 3.05) is 0 Å². The van der Waals surface area contributed by atoms with Gasteiger partial charge in [0, 0.05) is 0 Å². The molecule has 0 fully saturated rings. The number of imidazole rings is 1. The predicted octanol–water partition coefficient (Wildman–Crippen LogP) is 1.81. The van der Waals surface area contributed by atoms with Crippen molar-refractivity contribution < 1.29 is 13.2 Å². The van der Waals surface area contributed by atoms with E-state index in [1.165, 1.54) is 5.51 Å². The molecular formula is C5H2F3N3S. The minimum Gasteiger partial charge on any atom is -0.225 e. The molecule has 0 spiro atoms. The minimum atomic E-state index is -4.38. The largest absolute Gasteiger partial charge is 0.435 e. The van der Waals surface area contributed by atoms with Gasteiger partial charge in [0.05, 0.1) is 6.20 Å². The third-order valence-corrected chi connectivity index (χ3v) is 2.01. The summed E-state index contributed by atoms with van der Waals surface area (Å²) < 4.78 is 37.2. The van der Waals surface area contributed by atoms with Gasteiger partial charge in [0.1, 0.15) is 5.51 Å². The van der Waals surface area contributed by atoms with Gasteiger partial charge in [-0.2, -0.15) is 22.8 Å². The van der Waals surface area contributed by atoms with Gasteiger partial charge in [-0.05, 0) is 0 Å². The molecule has 0 aliphatic heterocycles. The van der Waals surface area contributed by atoms with Crippen molar-refractivity contribution in [3.05, 3.63) is 17.4 Å². The highest BCUT2D eigenvalue weighted by molar-refractivity contribution is 7.14. The van der Waals surface area contributed by atoms with E-state index >= 15 is 0 Å². The maximum Gasteiger partial charge on any atom is 0.435 e. The molecule has 0 aliphatic rings. The molecule has 12 heavy (non-hydrogen) atoms. The second kappa shape index (κ2) is 2.19. The van der Waals surface area contributed by atoms with E-state index in [-0.39, 0.29) is 4.96 Å². The molecule has 7 heteroatoms. The summed E-state index contributed by atoms with van der Waals surface area (Å²) in [5.74, 6) is 0. The van der Waals surface area contributed by atoms with Crippen LogP contribution >= 0.6 is 11.3 Å². The molecule has 0 unspecified atom stereocenters. The Morgan fingerprint density at radius 2 is 2.17 bits per heavy atom. The number of nitrogens with zero attached hydrogens (tertiary/aromatic N) is 3. The fraction of sp³-hybridized carbons (Fsp3) is 0.200. The summed E-state index contributed by atoms with van der Waals surface area (Å²) in [4.78, 5) is 3.80. The van der Waals surface area contributed by atoms with E-state index in [1.54, 1.807) is 0 Å². The number of hydrogen-bond donors (Lipinski definition) is 0. The first-order valence-electron chi connectivity index (χ1n) is 2.93. The maximum atomic E-state index is 12.1. The zero-order valence-corrected chi connectivity index (χ0v) is 6.35. The second-order valence-electron chi connectivity index (χ2n) is 2.07. The van der Waals surface area contributed by atoms with Crippen LogP contribution < -0.4 is 0 Å². The van der Waals surface area contributed by atoms with Crippen LogP contribution in [-0.2, 0) is 6.18 Å². The van der Waals surface area contributed by atoms with Crippen molar-refractivity contribution in [1.29, 1.82) is 0 Å². The quantitative estimate of drug-likeness (QED) is 0.638. The molecule has 2 aromatic rings. The fourth-order valence-electron chi connectivity index (χ4n) is 0.832. The van der Waals surface area contributed by atoms with Gasteiger partial charge in [0.15, 0.2) is 5.69 Å². The van der Waals surface area contributed by atoms with Crippen molar-refractivity contribution >= 4 is 16.3 Å². The van der Waals surface area contributed by atoms with Crippen LogP contribution in [0.2, 0.25) is 0 Å². The summed E-state index contributed by atoms with van der Waals surface area (Å²) in [5.41, 5.74) is 0.483. The Morgan fingerprint density at radius 1 is 1.42 bits per heavy atom. The van der Waals surface area contributed by atoms with Crippen LogP contribution in [0.25, 0.3) is 4.96 Å². The molecule has 2 aromatic heterocycles. The van der Waals surface area contributed by atoms with E-state index < -0.39 is 11.9 Å². The molecule has 0 aromatic carbocycles. The predicted molar refractivity (Wildman–Crippen MR) is 35.9 cm³/mol. The third-order valence-electron chi connectivity index (χ3n) is 1.32. The van der Waals surface area contributed by atoms with Gasteiger partial charge >= 0.3 is 6.18 Å². The lowest BCUT2D eigenvalue weighted by Gasteiger charge is -2.01. The lowest BCUT2D eigenvalue weighted by Crippen LogP contribution is -2.08. The SMILES string of the molecule is FC(F)(F)c1cnc2scnn12. The average Bonchev–Trinajstić information content (AvgIpc) is 2.37. The number of aromatic nitrogens is 3. The Bertz CT molecular complexity index is 401. The molecule has 0 amide bonds. The first-order valence-corrected chi connectivity index (χ1v) is 3.81. The Labute approximate surface area is 68.5 Å². The number of halogens is 3. The molecule has 2 rings (SSSR count). The average molecular weight is 193 g/mol. The minimum absolute atomic E-state index is 0.252. The van der Waals surface area contributed by atoms with Crippen LogP contribution in [0.5, 0.6) is 0 Å². The smallest absolute Gasteiger partial charge is 0.225 e. The molecule has 0 saturated heterocycles. The van der Waals surface area contributed by atoms with Crippen molar-refractivity contribution in [1.82, 2.24) is 14.6 Å². The van der Waals surface area contributed by atoms with E-state index in [4.69, 9.17) is 0 Å². The van der Waals surface area contributed by atoms with Gasteiger partial charge in [0.2, 0.25) is 4.96 Å². The first-order chi connectivity index (χ1) is 5.59. The van der Waals surface area contributed by atoms with E-state index in [0.717, 1.165) is 22.0 Å². The number of hydrogen-bond acceptors (Lipinski definition) is 3. The van der Waals surface area contributed by atoms with Crippen LogP contribution in [0, 0.1) is 0 Å². The van der Waals surface area contributed by atoms with Crippen molar-refractivity contribution in [3.8, 4) is 0 Å². The Morgan fingerprint density at radius 3 is 2.83 bits per heavy atom. The van der Waals surface area contributed by atoms with E-state index in [2.05, 4.69) is 10.1 Å². The van der Waals surface area contributed by atoms with Crippen molar-refractivity contribution in [2.45, 2.75) is 6.18 Å². The zero-order valence-electron chi connectivity index (χ0n) is 5.54. The zero-order chi connectivity index (χ0) is 8.77. The van der Waals surface area contributed by atoms with Crippen LogP contribution in [0.3, 0.4) is 0 Å². The summed E-state index contributed by atoms with van der Waals surface area (Å²) in [6.07, 6.45) is -3.60. The molecular weight excluding hydrogens is 191 g/mol. The Hall–Kier alpha value is -1.11. The molecule has 0 bridgehead atoms. The molecule has 0 N–H and O–H groups in total. The normalized spacial score (nSPS) is 12.6. The van der Waals surface area contributed by atoms with Gasteiger partial charge in [-0.1, -0.05) is 11.3 Å². The lowest BCUT2D eigenvalue weighted by molar-refractivity contribution is -0.142. The monoisotopic (exact) mass is 193 g/mol. The summed E-state index contributed by atoms with van der Waals surface area (Å²) in [6.45, 7) is 0. The van der Waals surface area contributed by atoms with Gasteiger partial charge < -0.3 is 0 Å². The molecule has 0 atom stereocenters. The fourth-order valence-corrected chi connectivity index (χ4v) is 1.43. The van der Waals surface area contributed by atoms with Crippen molar-refractivity contribution in [3.63, 3.8) is 0 Å². The topological polar surface area (TPSA) is 30.2 Å². The van der Waals surface area contributed by atoms with Crippen molar-refractivity contribution in [2.24, 2.45) is 0 Å². The van der Waals surface area contributed by atoms with Crippen LogP contribution in [-0.4, -0.2) is 14.6 Å². The van der Waals surface area contributed by atoms with E-state index in [9.17, 15) is 13.2 Å². The number of alkyl halides is 3. The third kappa shape index (κ3) is 0.970. The highest BCUT2D eigenvalue weighted by Crippen LogP contribution is 2.29. The summed E-state index contributed by atoms with van der Waals surface area (Å²) in [5, 5.41) is 3.50. The maximum absolute atomic E-state index is 12.1. The number of rotatable bonds is 0. The van der Waals surface area contributed by atoms with E-state index in [0.29, 0.717) is 0 Å². The highest BCUT2D eigenvalue weighted by atomic mass is 32.1. The summed E-state index contributed by atoms with van der Waals surface area (Å²) >= 11 is 1.06. The second-order valence-corrected chi connectivity index (χ2v) is 2.89. The molecule has 0 radical (unpaired) electrons. The molecule has 64 valence electrons. The summed E-state index contributed by atoms with van der Waals surface area (Å²) in [7, 11) is 0. The van der Waals surface area contributed by atoms with Gasteiger partial charge in [-0.3, -0.25) is 0 Å². The molecule has 2 heterocycles. The Kier molecular flexibility index (Phi) is 1.38. The lowest BCUT2D eigenvalue weighted by atomic mass is 10.5. The summed E-state index contributed by atoms with van der Waals surface area (Å²) in [6, 6.07) is 0. The highest BCUT2D eigenvalue weighted by Gasteiger charge is 2.35. The van der Waals surface area contributed by atoms with Crippen LogP contribution in [0.4, 0.5) is 13.2 Å². The Balaban J connectivity index is 2.69. The van der Waals surface area contributed by atoms with Crippen LogP contribution in [0.1, 0.15) is 5.69 Å².